The van der Waals surface area contributed by atoms with Crippen molar-refractivity contribution in [1.82, 2.24) is 9.91 Å². The van der Waals surface area contributed by atoms with E-state index in [1.807, 2.05) is 18.5 Å². The Morgan fingerprint density at radius 3 is 2.45 bits per heavy atom. The van der Waals surface area contributed by atoms with Gasteiger partial charge in [0.15, 0.2) is 12.1 Å². The number of hydrazine groups is 1. The summed E-state index contributed by atoms with van der Waals surface area (Å²) in [5, 5.41) is 11.5. The van der Waals surface area contributed by atoms with Crippen LogP contribution in [-0.2, 0) is 9.59 Å². The minimum Gasteiger partial charge on any atom is -0.480 e. The molecule has 3 atom stereocenters. The van der Waals surface area contributed by atoms with Crippen LogP contribution < -0.4 is 0 Å². The Morgan fingerprint density at radius 2 is 1.91 bits per heavy atom. The lowest BCUT2D eigenvalue weighted by molar-refractivity contribution is -0.708. The molecule has 0 bridgehead atoms. The molecule has 1 amide bonds. The van der Waals surface area contributed by atoms with E-state index in [4.69, 9.17) is 0 Å². The van der Waals surface area contributed by atoms with Crippen LogP contribution in [-0.4, -0.2) is 73.6 Å². The molecule has 0 aromatic heterocycles. The highest BCUT2D eigenvalue weighted by atomic mass is 32.2. The second-order valence-corrected chi connectivity index (χ2v) is 8.62. The smallest absolute Gasteiger partial charge is 0.327 e. The largest absolute Gasteiger partial charge is 0.480 e. The van der Waals surface area contributed by atoms with Gasteiger partial charge in [0, 0.05) is 4.75 Å². The van der Waals surface area contributed by atoms with Crippen LogP contribution in [0.15, 0.2) is 0 Å². The number of carbonyl (C=O) groups excluding carboxylic acids is 1. The fourth-order valence-corrected chi connectivity index (χ4v) is 5.44. The minimum atomic E-state index is -0.919. The second kappa shape index (κ2) is 5.44. The van der Waals surface area contributed by atoms with Crippen molar-refractivity contribution >= 4 is 30.4 Å². The number of nitrogens with zero attached hydrogens (tertiary/aromatic N) is 3. The average molecular weight is 326 g/mol. The van der Waals surface area contributed by atoms with Crippen molar-refractivity contribution in [1.29, 1.82) is 0 Å². The highest BCUT2D eigenvalue weighted by molar-refractivity contribution is 8.01. The molecule has 6 nitrogen and oxygen atoms in total. The van der Waals surface area contributed by atoms with Crippen LogP contribution >= 0.6 is 11.8 Å². The van der Waals surface area contributed by atoms with E-state index in [0.717, 1.165) is 25.9 Å². The van der Waals surface area contributed by atoms with Crippen LogP contribution in [0.1, 0.15) is 39.5 Å². The molecule has 3 saturated heterocycles. The van der Waals surface area contributed by atoms with Crippen LogP contribution in [0.2, 0.25) is 0 Å². The van der Waals surface area contributed by atoms with Gasteiger partial charge in [-0.2, -0.15) is 5.01 Å². The van der Waals surface area contributed by atoms with E-state index in [9.17, 15) is 14.7 Å². The van der Waals surface area contributed by atoms with E-state index in [1.54, 1.807) is 11.8 Å². The maximum absolute atomic E-state index is 12.6. The van der Waals surface area contributed by atoms with Crippen molar-refractivity contribution in [2.45, 2.75) is 61.7 Å². The molecule has 122 valence electrons. The Labute approximate surface area is 135 Å². The van der Waals surface area contributed by atoms with Gasteiger partial charge in [0.05, 0.1) is 13.1 Å². The van der Waals surface area contributed by atoms with Crippen LogP contribution in [0.25, 0.3) is 0 Å². The molecule has 7 heteroatoms. The minimum absolute atomic E-state index is 0.102. The van der Waals surface area contributed by atoms with Gasteiger partial charge >= 0.3 is 5.97 Å². The number of hydrogen-bond acceptors (Lipinski definition) is 4. The molecule has 0 aromatic rings. The maximum atomic E-state index is 12.6. The standard InChI is InChI=1S/C15H23N3O3S/c1-15(2)11(14(20)21)18-12(19)10(13(18)22-15)16(3)17-8-6-4-5-7-9-17/h10-11,13H,3-9H2,1-2H3/p+1/t10-,11+,13-/m1/s1. The molecule has 3 aliphatic rings. The zero-order chi connectivity index (χ0) is 16.1. The third kappa shape index (κ3) is 2.30. The molecule has 0 saturated carbocycles. The molecule has 22 heavy (non-hydrogen) atoms. The summed E-state index contributed by atoms with van der Waals surface area (Å²) in [6.45, 7) is 9.76. The number of carbonyl (C=O) groups is 2. The number of aliphatic carboxylic acids is 1. The number of amides is 1. The van der Waals surface area contributed by atoms with Crippen molar-refractivity contribution in [2.75, 3.05) is 13.1 Å². The number of hydrogen-bond donors (Lipinski definition) is 1. The molecule has 0 radical (unpaired) electrons. The third-order valence-electron chi connectivity index (χ3n) is 4.91. The maximum Gasteiger partial charge on any atom is 0.327 e. The van der Waals surface area contributed by atoms with E-state index in [1.165, 1.54) is 17.7 Å². The van der Waals surface area contributed by atoms with Gasteiger partial charge in [-0.25, -0.2) is 4.79 Å². The summed E-state index contributed by atoms with van der Waals surface area (Å²) in [7, 11) is 0. The normalized spacial score (nSPS) is 33.9. The van der Waals surface area contributed by atoms with Gasteiger partial charge < -0.3 is 10.0 Å². The quantitative estimate of drug-likeness (QED) is 0.476. The van der Waals surface area contributed by atoms with E-state index in [2.05, 4.69) is 11.7 Å². The van der Waals surface area contributed by atoms with Crippen molar-refractivity contribution < 1.29 is 19.4 Å². The lowest BCUT2D eigenvalue weighted by Gasteiger charge is -2.41. The lowest BCUT2D eigenvalue weighted by Crippen LogP contribution is -2.70. The van der Waals surface area contributed by atoms with E-state index < -0.39 is 16.8 Å². The molecule has 3 fully saturated rings. The van der Waals surface area contributed by atoms with Crippen molar-refractivity contribution in [3.05, 3.63) is 0 Å². The lowest BCUT2D eigenvalue weighted by atomic mass is 9.96. The molecular formula is C15H24N3O3S+. The molecule has 0 spiro atoms. The number of fused-ring (bicyclic) bond motifs is 1. The van der Waals surface area contributed by atoms with Gasteiger partial charge in [-0.05, 0) is 26.7 Å². The first-order valence-corrected chi connectivity index (χ1v) is 8.80. The third-order valence-corrected chi connectivity index (χ3v) is 6.47. The summed E-state index contributed by atoms with van der Waals surface area (Å²) < 4.78 is 1.35. The van der Waals surface area contributed by atoms with E-state index >= 15 is 0 Å². The second-order valence-electron chi connectivity index (χ2n) is 6.85. The van der Waals surface area contributed by atoms with Crippen LogP contribution in [0.4, 0.5) is 0 Å². The first-order chi connectivity index (χ1) is 10.3. The molecule has 3 heterocycles. The fourth-order valence-electron chi connectivity index (χ4n) is 3.75. The number of carboxylic acid groups (broad SMARTS) is 1. The molecule has 0 unspecified atom stereocenters. The van der Waals surface area contributed by atoms with Crippen molar-refractivity contribution in [2.24, 2.45) is 0 Å². The van der Waals surface area contributed by atoms with Gasteiger partial charge in [0.1, 0.15) is 6.04 Å². The van der Waals surface area contributed by atoms with Gasteiger partial charge in [0.2, 0.25) is 0 Å². The first-order valence-electron chi connectivity index (χ1n) is 7.92. The number of carboxylic acids is 1. The van der Waals surface area contributed by atoms with Crippen molar-refractivity contribution in [3.63, 3.8) is 0 Å². The number of thioether (sulfide) groups is 1. The van der Waals surface area contributed by atoms with Crippen LogP contribution in [0.3, 0.4) is 0 Å². The Balaban J connectivity index is 1.77. The van der Waals surface area contributed by atoms with Gasteiger partial charge in [0.25, 0.3) is 11.9 Å². The van der Waals surface area contributed by atoms with Crippen LogP contribution in [0, 0.1) is 0 Å². The van der Waals surface area contributed by atoms with Crippen molar-refractivity contribution in [3.8, 4) is 0 Å². The van der Waals surface area contributed by atoms with Crippen LogP contribution in [0.5, 0.6) is 0 Å². The Hall–Kier alpha value is -1.24. The summed E-state index contributed by atoms with van der Waals surface area (Å²) in [5.41, 5.74) is 0. The number of β-lactam (4-membered cyclic amide) rings is 1. The summed E-state index contributed by atoms with van der Waals surface area (Å²) in [4.78, 5) is 25.6. The van der Waals surface area contributed by atoms with E-state index in [0.29, 0.717) is 0 Å². The van der Waals surface area contributed by atoms with Gasteiger partial charge in [-0.1, -0.05) is 12.8 Å². The highest BCUT2D eigenvalue weighted by Crippen LogP contribution is 2.51. The average Bonchev–Trinajstić information content (AvgIpc) is 2.63. The first kappa shape index (κ1) is 15.6. The monoisotopic (exact) mass is 326 g/mol. The zero-order valence-corrected chi connectivity index (χ0v) is 14.0. The summed E-state index contributed by atoms with van der Waals surface area (Å²) in [6.07, 6.45) is 4.69. The number of hydrazone groups is 1. The summed E-state index contributed by atoms with van der Waals surface area (Å²) >= 11 is 1.58. The zero-order valence-electron chi connectivity index (χ0n) is 13.2. The van der Waals surface area contributed by atoms with Gasteiger partial charge in [-0.15, -0.1) is 16.4 Å². The predicted octanol–water partition coefficient (Wildman–Crippen LogP) is 1.01. The topological polar surface area (TPSA) is 63.9 Å². The summed E-state index contributed by atoms with van der Waals surface area (Å²) in [5.74, 6) is -1.02. The Morgan fingerprint density at radius 1 is 1.32 bits per heavy atom. The molecule has 3 aliphatic heterocycles. The van der Waals surface area contributed by atoms with E-state index in [-0.39, 0.29) is 17.3 Å². The highest BCUT2D eigenvalue weighted by Gasteiger charge is 2.68. The molecular weight excluding hydrogens is 302 g/mol. The summed E-state index contributed by atoms with van der Waals surface area (Å²) in [6, 6.07) is -1.07. The predicted molar refractivity (Wildman–Crippen MR) is 84.9 cm³/mol. The Kier molecular flexibility index (Phi) is 3.87. The fraction of sp³-hybridized carbons (Fsp3) is 0.800. The SMILES string of the molecule is C=[N+]([C@@H]1C(=O)N2[C@@H]1SC(C)(C)[C@@H]2C(=O)O)N1CCCCCC1. The molecule has 0 aliphatic carbocycles. The number of rotatable bonds is 3. The Bertz CT molecular complexity index is 514. The van der Waals surface area contributed by atoms with Gasteiger partial charge in [-0.3, -0.25) is 4.79 Å². The molecule has 3 rings (SSSR count). The molecule has 0 aromatic carbocycles. The molecule has 1 N–H and O–H groups in total.